The van der Waals surface area contributed by atoms with Crippen LogP contribution in [0.3, 0.4) is 0 Å². The van der Waals surface area contributed by atoms with Gasteiger partial charge >= 0.3 is 0 Å². The number of morpholine rings is 1. The van der Waals surface area contributed by atoms with Gasteiger partial charge in [-0.25, -0.2) is 0 Å². The van der Waals surface area contributed by atoms with E-state index in [0.29, 0.717) is 6.04 Å². The third-order valence-corrected chi connectivity index (χ3v) is 4.45. The molecule has 1 N–H and O–H groups in total. The molecule has 3 rings (SSSR count). The summed E-state index contributed by atoms with van der Waals surface area (Å²) < 4.78 is 10.8. The van der Waals surface area contributed by atoms with Crippen LogP contribution in [0.5, 0.6) is 5.75 Å². The van der Waals surface area contributed by atoms with Crippen molar-refractivity contribution in [2.24, 2.45) is 5.92 Å². The number of rotatable bonds is 7. The molecule has 0 amide bonds. The first kappa shape index (κ1) is 14.8. The molecule has 4 nitrogen and oxygen atoms in total. The SMILES string of the molecule is COc1ccc(C(CNCC2CC2)N2CCOCC2)cc1. The third-order valence-electron chi connectivity index (χ3n) is 4.45. The van der Waals surface area contributed by atoms with Gasteiger partial charge in [-0.05, 0) is 43.0 Å². The van der Waals surface area contributed by atoms with Crippen LogP contribution < -0.4 is 10.1 Å². The van der Waals surface area contributed by atoms with Gasteiger partial charge in [-0.2, -0.15) is 0 Å². The number of benzene rings is 1. The highest BCUT2D eigenvalue weighted by Gasteiger charge is 2.24. The van der Waals surface area contributed by atoms with E-state index in [1.807, 2.05) is 0 Å². The Hall–Kier alpha value is -1.10. The quantitative estimate of drug-likeness (QED) is 0.833. The Bertz CT molecular complexity index is 425. The van der Waals surface area contributed by atoms with E-state index in [0.717, 1.165) is 51.1 Å². The molecule has 4 heteroatoms. The monoisotopic (exact) mass is 290 g/mol. The minimum atomic E-state index is 0.429. The van der Waals surface area contributed by atoms with Crippen LogP contribution in [0, 0.1) is 5.92 Å². The topological polar surface area (TPSA) is 33.7 Å². The van der Waals surface area contributed by atoms with Gasteiger partial charge in [-0.3, -0.25) is 4.90 Å². The summed E-state index contributed by atoms with van der Waals surface area (Å²) in [5.74, 6) is 1.84. The van der Waals surface area contributed by atoms with Crippen LogP contribution in [-0.2, 0) is 4.74 Å². The average Bonchev–Trinajstić information content (AvgIpc) is 3.37. The number of nitrogens with one attached hydrogen (secondary N) is 1. The van der Waals surface area contributed by atoms with Crippen molar-refractivity contribution >= 4 is 0 Å². The average molecular weight is 290 g/mol. The van der Waals surface area contributed by atoms with Gasteiger partial charge in [0, 0.05) is 25.7 Å². The van der Waals surface area contributed by atoms with Gasteiger partial charge in [0.1, 0.15) is 5.75 Å². The van der Waals surface area contributed by atoms with Crippen molar-refractivity contribution in [3.63, 3.8) is 0 Å². The lowest BCUT2D eigenvalue weighted by Crippen LogP contribution is -2.43. The van der Waals surface area contributed by atoms with E-state index < -0.39 is 0 Å². The first-order chi connectivity index (χ1) is 10.4. The zero-order valence-corrected chi connectivity index (χ0v) is 12.9. The van der Waals surface area contributed by atoms with Gasteiger partial charge in [0.25, 0.3) is 0 Å². The minimum absolute atomic E-state index is 0.429. The van der Waals surface area contributed by atoms with Crippen molar-refractivity contribution in [2.75, 3.05) is 46.5 Å². The Morgan fingerprint density at radius 1 is 1.24 bits per heavy atom. The van der Waals surface area contributed by atoms with Crippen LogP contribution in [-0.4, -0.2) is 51.4 Å². The van der Waals surface area contributed by atoms with Crippen molar-refractivity contribution in [3.8, 4) is 5.75 Å². The summed E-state index contributed by atoms with van der Waals surface area (Å²) in [4.78, 5) is 2.53. The normalized spacial score (nSPS) is 21.2. The van der Waals surface area contributed by atoms with Crippen molar-refractivity contribution in [1.82, 2.24) is 10.2 Å². The van der Waals surface area contributed by atoms with Crippen LogP contribution in [0.4, 0.5) is 0 Å². The second-order valence-electron chi connectivity index (χ2n) is 6.04. The lowest BCUT2D eigenvalue weighted by molar-refractivity contribution is 0.0161. The maximum Gasteiger partial charge on any atom is 0.118 e. The van der Waals surface area contributed by atoms with Gasteiger partial charge in [0.2, 0.25) is 0 Å². The molecule has 1 aromatic rings. The van der Waals surface area contributed by atoms with Gasteiger partial charge < -0.3 is 14.8 Å². The fourth-order valence-electron chi connectivity index (χ4n) is 2.92. The first-order valence-corrected chi connectivity index (χ1v) is 8.03. The highest BCUT2D eigenvalue weighted by atomic mass is 16.5. The zero-order valence-electron chi connectivity index (χ0n) is 12.9. The minimum Gasteiger partial charge on any atom is -0.497 e. The van der Waals surface area contributed by atoms with Crippen LogP contribution in [0.15, 0.2) is 24.3 Å². The molecule has 1 atom stereocenters. The van der Waals surface area contributed by atoms with Gasteiger partial charge in [0.15, 0.2) is 0 Å². The third kappa shape index (κ3) is 4.19. The highest BCUT2D eigenvalue weighted by Crippen LogP contribution is 2.28. The van der Waals surface area contributed by atoms with Crippen LogP contribution >= 0.6 is 0 Å². The van der Waals surface area contributed by atoms with E-state index in [-0.39, 0.29) is 0 Å². The molecular formula is C17H26N2O2. The zero-order chi connectivity index (χ0) is 14.5. The number of hydrogen-bond donors (Lipinski definition) is 1. The summed E-state index contributed by atoms with van der Waals surface area (Å²) in [6.07, 6.45) is 2.80. The largest absolute Gasteiger partial charge is 0.497 e. The summed E-state index contributed by atoms with van der Waals surface area (Å²) >= 11 is 0. The van der Waals surface area contributed by atoms with E-state index in [4.69, 9.17) is 9.47 Å². The van der Waals surface area contributed by atoms with E-state index in [1.54, 1.807) is 7.11 Å². The van der Waals surface area contributed by atoms with Crippen molar-refractivity contribution in [3.05, 3.63) is 29.8 Å². The molecule has 21 heavy (non-hydrogen) atoms. The highest BCUT2D eigenvalue weighted by molar-refractivity contribution is 5.29. The molecule has 116 valence electrons. The molecule has 1 aliphatic heterocycles. The number of hydrogen-bond acceptors (Lipinski definition) is 4. The van der Waals surface area contributed by atoms with Gasteiger partial charge in [-0.1, -0.05) is 12.1 Å². The summed E-state index contributed by atoms with van der Waals surface area (Å²) in [6.45, 7) is 5.90. The first-order valence-electron chi connectivity index (χ1n) is 8.03. The molecule has 0 aromatic heterocycles. The number of nitrogens with zero attached hydrogens (tertiary/aromatic N) is 1. The Morgan fingerprint density at radius 2 is 1.95 bits per heavy atom. The Morgan fingerprint density at radius 3 is 2.57 bits per heavy atom. The van der Waals surface area contributed by atoms with E-state index >= 15 is 0 Å². The lowest BCUT2D eigenvalue weighted by atomic mass is 10.0. The van der Waals surface area contributed by atoms with Crippen LogP contribution in [0.2, 0.25) is 0 Å². The Labute approximate surface area is 127 Å². The molecule has 1 saturated carbocycles. The molecule has 2 aliphatic rings. The molecule has 0 spiro atoms. The molecule has 1 aliphatic carbocycles. The Balaban J connectivity index is 1.65. The lowest BCUT2D eigenvalue weighted by Gasteiger charge is -2.35. The van der Waals surface area contributed by atoms with Crippen molar-refractivity contribution < 1.29 is 9.47 Å². The smallest absolute Gasteiger partial charge is 0.118 e. The number of methoxy groups -OCH3 is 1. The van der Waals surface area contributed by atoms with Gasteiger partial charge in [-0.15, -0.1) is 0 Å². The second-order valence-corrected chi connectivity index (χ2v) is 6.04. The summed E-state index contributed by atoms with van der Waals surface area (Å²) in [5.41, 5.74) is 1.36. The van der Waals surface area contributed by atoms with Crippen LogP contribution in [0.1, 0.15) is 24.4 Å². The van der Waals surface area contributed by atoms with Crippen molar-refractivity contribution in [2.45, 2.75) is 18.9 Å². The molecule has 1 aromatic carbocycles. The summed E-state index contributed by atoms with van der Waals surface area (Å²) in [6, 6.07) is 8.93. The maximum absolute atomic E-state index is 5.49. The summed E-state index contributed by atoms with van der Waals surface area (Å²) in [7, 11) is 1.71. The second kappa shape index (κ2) is 7.25. The molecule has 1 unspecified atom stereocenters. The van der Waals surface area contributed by atoms with Crippen molar-refractivity contribution in [1.29, 1.82) is 0 Å². The maximum atomic E-state index is 5.49. The molecule has 2 fully saturated rings. The molecule has 0 radical (unpaired) electrons. The fourth-order valence-corrected chi connectivity index (χ4v) is 2.92. The predicted octanol–water partition coefficient (Wildman–Crippen LogP) is 2.07. The van der Waals surface area contributed by atoms with Crippen LogP contribution in [0.25, 0.3) is 0 Å². The molecular weight excluding hydrogens is 264 g/mol. The van der Waals surface area contributed by atoms with E-state index in [1.165, 1.54) is 18.4 Å². The van der Waals surface area contributed by atoms with E-state index in [2.05, 4.69) is 34.5 Å². The fraction of sp³-hybridized carbons (Fsp3) is 0.647. The predicted molar refractivity (Wildman–Crippen MR) is 83.7 cm³/mol. The molecule has 1 heterocycles. The molecule has 0 bridgehead atoms. The standard InChI is InChI=1S/C17H26N2O2/c1-20-16-6-4-15(5-7-16)17(13-18-12-14-2-3-14)19-8-10-21-11-9-19/h4-7,14,17-18H,2-3,8-13H2,1H3. The number of ether oxygens (including phenoxy) is 2. The Kier molecular flexibility index (Phi) is 5.12. The van der Waals surface area contributed by atoms with Gasteiger partial charge in [0.05, 0.1) is 20.3 Å². The molecule has 1 saturated heterocycles. The van der Waals surface area contributed by atoms with E-state index in [9.17, 15) is 0 Å². The summed E-state index contributed by atoms with van der Waals surface area (Å²) in [5, 5.41) is 3.66.